The lowest BCUT2D eigenvalue weighted by Crippen LogP contribution is -2.52. The molecule has 1 aliphatic rings. The third-order valence-corrected chi connectivity index (χ3v) is 4.14. The first-order valence-corrected chi connectivity index (χ1v) is 8.32. The molecule has 25 heavy (non-hydrogen) atoms. The molecule has 2 aromatic rings. The van der Waals surface area contributed by atoms with Gasteiger partial charge in [-0.2, -0.15) is 4.98 Å². The second-order valence-corrected chi connectivity index (χ2v) is 7.19. The Hall–Kier alpha value is -2.57. The second kappa shape index (κ2) is 6.38. The number of para-hydroxylation sites is 1. The van der Waals surface area contributed by atoms with Crippen molar-refractivity contribution in [2.24, 2.45) is 0 Å². The summed E-state index contributed by atoms with van der Waals surface area (Å²) in [7, 11) is 1.59. The predicted molar refractivity (Wildman–Crippen MR) is 91.2 cm³/mol. The van der Waals surface area contributed by atoms with Crippen LogP contribution in [-0.4, -0.2) is 28.9 Å². The Morgan fingerprint density at radius 2 is 2.00 bits per heavy atom. The molecular weight excluding hydrogens is 322 g/mol. The van der Waals surface area contributed by atoms with Gasteiger partial charge in [0, 0.05) is 0 Å². The van der Waals surface area contributed by atoms with Crippen molar-refractivity contribution in [1.29, 1.82) is 0 Å². The molecule has 0 aliphatic heterocycles. The third kappa shape index (κ3) is 3.60. The number of benzene rings is 1. The molecule has 0 spiro atoms. The number of ether oxygens (including phenoxy) is 2. The minimum absolute atomic E-state index is 0.365. The molecule has 1 aliphatic carbocycles. The summed E-state index contributed by atoms with van der Waals surface area (Å²) in [5.74, 6) is 1.48. The van der Waals surface area contributed by atoms with Gasteiger partial charge in [-0.15, -0.1) is 0 Å². The van der Waals surface area contributed by atoms with Crippen molar-refractivity contribution in [3.63, 3.8) is 0 Å². The number of nitrogens with one attached hydrogen (secondary N) is 1. The van der Waals surface area contributed by atoms with E-state index < -0.39 is 17.2 Å². The molecule has 0 saturated heterocycles. The number of amides is 1. The average Bonchev–Trinajstić information content (AvgIpc) is 2.99. The van der Waals surface area contributed by atoms with Crippen molar-refractivity contribution in [3.8, 4) is 17.2 Å². The lowest BCUT2D eigenvalue weighted by Gasteiger charge is -2.39. The van der Waals surface area contributed by atoms with Gasteiger partial charge >= 0.3 is 6.09 Å². The zero-order valence-electron chi connectivity index (χ0n) is 15.0. The number of carbonyl (C=O) groups excluding carboxylic acids is 1. The van der Waals surface area contributed by atoms with E-state index in [2.05, 4.69) is 15.5 Å². The molecular formula is C18H23N3O4. The van der Waals surface area contributed by atoms with Gasteiger partial charge in [-0.1, -0.05) is 17.3 Å². The molecule has 1 amide bonds. The van der Waals surface area contributed by atoms with Crippen molar-refractivity contribution >= 4 is 6.09 Å². The van der Waals surface area contributed by atoms with Crippen LogP contribution in [0.25, 0.3) is 11.5 Å². The van der Waals surface area contributed by atoms with Crippen molar-refractivity contribution < 1.29 is 18.8 Å². The Kier molecular flexibility index (Phi) is 4.41. The molecule has 1 heterocycles. The van der Waals surface area contributed by atoms with E-state index in [-0.39, 0.29) is 0 Å². The number of rotatable bonds is 4. The van der Waals surface area contributed by atoms with Crippen LogP contribution in [0.1, 0.15) is 45.9 Å². The van der Waals surface area contributed by atoms with Gasteiger partial charge in [0.25, 0.3) is 5.89 Å². The molecule has 0 atom stereocenters. The van der Waals surface area contributed by atoms with Crippen LogP contribution in [0.5, 0.6) is 5.75 Å². The van der Waals surface area contributed by atoms with E-state index in [0.717, 1.165) is 24.8 Å². The minimum Gasteiger partial charge on any atom is -0.496 e. The number of hydrogen-bond acceptors (Lipinski definition) is 6. The largest absolute Gasteiger partial charge is 0.496 e. The van der Waals surface area contributed by atoms with E-state index in [1.165, 1.54) is 0 Å². The van der Waals surface area contributed by atoms with Crippen molar-refractivity contribution in [1.82, 2.24) is 15.5 Å². The SMILES string of the molecule is COc1ccccc1-c1nc(C2(NC(=O)OC(C)(C)C)CCC2)no1. The summed E-state index contributed by atoms with van der Waals surface area (Å²) in [6.07, 6.45) is 2.00. The highest BCUT2D eigenvalue weighted by atomic mass is 16.6. The van der Waals surface area contributed by atoms with Gasteiger partial charge in [0.15, 0.2) is 5.82 Å². The molecule has 0 unspecified atom stereocenters. The number of nitrogens with zero attached hydrogens (tertiary/aromatic N) is 2. The monoisotopic (exact) mass is 345 g/mol. The van der Waals surface area contributed by atoms with E-state index in [1.807, 2.05) is 45.0 Å². The topological polar surface area (TPSA) is 86.5 Å². The smallest absolute Gasteiger partial charge is 0.408 e. The van der Waals surface area contributed by atoms with Crippen LogP contribution in [0.3, 0.4) is 0 Å². The summed E-state index contributed by atoms with van der Waals surface area (Å²) in [6.45, 7) is 5.48. The summed E-state index contributed by atoms with van der Waals surface area (Å²) in [4.78, 5) is 16.7. The van der Waals surface area contributed by atoms with Gasteiger partial charge in [0.2, 0.25) is 0 Å². The van der Waals surface area contributed by atoms with E-state index in [0.29, 0.717) is 17.5 Å². The number of hydrogen-bond donors (Lipinski definition) is 1. The summed E-state index contributed by atoms with van der Waals surface area (Å²) < 4.78 is 16.1. The van der Waals surface area contributed by atoms with Crippen LogP contribution in [0, 0.1) is 0 Å². The zero-order valence-corrected chi connectivity index (χ0v) is 15.0. The lowest BCUT2D eigenvalue weighted by atomic mass is 9.76. The second-order valence-electron chi connectivity index (χ2n) is 7.19. The number of methoxy groups -OCH3 is 1. The van der Waals surface area contributed by atoms with Gasteiger partial charge in [0.1, 0.15) is 16.9 Å². The molecule has 7 nitrogen and oxygen atoms in total. The minimum atomic E-state index is -0.633. The first-order valence-electron chi connectivity index (χ1n) is 8.32. The fraction of sp³-hybridized carbons (Fsp3) is 0.500. The predicted octanol–water partition coefficient (Wildman–Crippen LogP) is 3.65. The van der Waals surface area contributed by atoms with Crippen molar-refractivity contribution in [3.05, 3.63) is 30.1 Å². The standard InChI is InChI=1S/C18H23N3O4/c1-17(2,3)24-16(22)20-18(10-7-11-18)15-19-14(25-21-15)12-8-5-6-9-13(12)23-4/h5-6,8-9H,7,10-11H2,1-4H3,(H,20,22). The highest BCUT2D eigenvalue weighted by Crippen LogP contribution is 2.41. The van der Waals surface area contributed by atoms with Gasteiger partial charge in [0.05, 0.1) is 12.7 Å². The van der Waals surface area contributed by atoms with Crippen LogP contribution < -0.4 is 10.1 Å². The number of carbonyl (C=O) groups is 1. The van der Waals surface area contributed by atoms with Crippen molar-refractivity contribution in [2.45, 2.75) is 51.2 Å². The highest BCUT2D eigenvalue weighted by Gasteiger charge is 2.45. The molecule has 0 bridgehead atoms. The molecule has 134 valence electrons. The summed E-state index contributed by atoms with van der Waals surface area (Å²) >= 11 is 0. The van der Waals surface area contributed by atoms with Crippen LogP contribution in [0.4, 0.5) is 4.79 Å². The Morgan fingerprint density at radius 1 is 1.28 bits per heavy atom. The zero-order chi connectivity index (χ0) is 18.1. The Labute approximate surface area is 146 Å². The van der Waals surface area contributed by atoms with Gasteiger partial charge in [-0.3, -0.25) is 0 Å². The quantitative estimate of drug-likeness (QED) is 0.910. The van der Waals surface area contributed by atoms with E-state index >= 15 is 0 Å². The van der Waals surface area contributed by atoms with Crippen LogP contribution >= 0.6 is 0 Å². The maximum atomic E-state index is 12.2. The molecule has 1 aromatic carbocycles. The molecule has 1 aromatic heterocycles. The van der Waals surface area contributed by atoms with E-state index in [4.69, 9.17) is 14.0 Å². The molecule has 3 rings (SSSR count). The maximum Gasteiger partial charge on any atom is 0.408 e. The van der Waals surface area contributed by atoms with Gasteiger partial charge in [-0.05, 0) is 52.2 Å². The summed E-state index contributed by atoms with van der Waals surface area (Å²) in [5.41, 5.74) is -0.475. The molecule has 1 N–H and O–H groups in total. The van der Waals surface area contributed by atoms with Crippen molar-refractivity contribution in [2.75, 3.05) is 7.11 Å². The molecule has 1 saturated carbocycles. The molecule has 1 fully saturated rings. The van der Waals surface area contributed by atoms with Crippen LogP contribution in [-0.2, 0) is 10.3 Å². The summed E-state index contributed by atoms with van der Waals surface area (Å²) in [6, 6.07) is 7.43. The average molecular weight is 345 g/mol. The van der Waals surface area contributed by atoms with E-state index in [9.17, 15) is 4.79 Å². The third-order valence-electron chi connectivity index (χ3n) is 4.14. The normalized spacial score (nSPS) is 16.0. The van der Waals surface area contributed by atoms with Gasteiger partial charge < -0.3 is 19.3 Å². The molecule has 0 radical (unpaired) electrons. The molecule has 7 heteroatoms. The number of alkyl carbamates (subject to hydrolysis) is 1. The fourth-order valence-corrected chi connectivity index (χ4v) is 2.78. The Balaban J connectivity index is 1.83. The van der Waals surface area contributed by atoms with Crippen LogP contribution in [0.2, 0.25) is 0 Å². The van der Waals surface area contributed by atoms with Gasteiger partial charge in [-0.25, -0.2) is 4.79 Å². The lowest BCUT2D eigenvalue weighted by molar-refractivity contribution is 0.0362. The first kappa shape index (κ1) is 17.3. The Bertz CT molecular complexity index is 760. The fourth-order valence-electron chi connectivity index (χ4n) is 2.78. The number of aromatic nitrogens is 2. The first-order chi connectivity index (χ1) is 11.8. The Morgan fingerprint density at radius 3 is 2.60 bits per heavy atom. The summed E-state index contributed by atoms with van der Waals surface area (Å²) in [5, 5.41) is 7.02. The highest BCUT2D eigenvalue weighted by molar-refractivity contribution is 5.69. The maximum absolute atomic E-state index is 12.2. The van der Waals surface area contributed by atoms with Crippen LogP contribution in [0.15, 0.2) is 28.8 Å². The van der Waals surface area contributed by atoms with E-state index in [1.54, 1.807) is 7.11 Å².